The molecule has 12 heteroatoms. The maximum Gasteiger partial charge on any atom is 0.302 e. The summed E-state index contributed by atoms with van der Waals surface area (Å²) in [5.74, 6) is -3.54. The Bertz CT molecular complexity index is 1130. The third-order valence-corrected chi connectivity index (χ3v) is 5.96. The summed E-state index contributed by atoms with van der Waals surface area (Å²) in [7, 11) is 12.6. The van der Waals surface area contributed by atoms with Gasteiger partial charge in [0.05, 0.1) is 25.3 Å². The summed E-state index contributed by atoms with van der Waals surface area (Å²) in [4.78, 5) is 12.8. The van der Waals surface area contributed by atoms with Crippen molar-refractivity contribution in [3.05, 3.63) is 82.1 Å². The lowest BCUT2D eigenvalue weighted by Crippen LogP contribution is -2.40. The second-order valence-electron chi connectivity index (χ2n) is 6.19. The molecule has 29 heavy (non-hydrogen) atoms. The van der Waals surface area contributed by atoms with Gasteiger partial charge < -0.3 is 14.7 Å². The van der Waals surface area contributed by atoms with Crippen LogP contribution in [-0.4, -0.2) is 37.7 Å². The van der Waals surface area contributed by atoms with Crippen molar-refractivity contribution in [1.29, 1.82) is 0 Å². The maximum absolute atomic E-state index is 13.4. The number of rotatable bonds is 5. The third kappa shape index (κ3) is 3.53. The molecular weight excluding hydrogens is 417 g/mol. The molecule has 1 atom stereocenters. The predicted octanol–water partition coefficient (Wildman–Crippen LogP) is 1.02. The normalized spacial score (nSPS) is 19.9. The largest absolute Gasteiger partial charge is 0.467 e. The van der Waals surface area contributed by atoms with Crippen LogP contribution in [0.2, 0.25) is 5.02 Å². The molecule has 1 heterocycles. The molecule has 0 amide bonds. The number of halogens is 2. The van der Waals surface area contributed by atoms with Crippen LogP contribution in [0.5, 0.6) is 0 Å². The van der Waals surface area contributed by atoms with E-state index < -0.39 is 43.4 Å². The van der Waals surface area contributed by atoms with Crippen LogP contribution in [0.3, 0.4) is 0 Å². The maximum atomic E-state index is 13.4. The molecule has 1 aliphatic rings. The summed E-state index contributed by atoms with van der Waals surface area (Å²) >= 11 is 5.71. The average molecular weight is 427 g/mol. The first-order valence-electron chi connectivity index (χ1n) is 7.95. The van der Waals surface area contributed by atoms with Crippen LogP contribution in [0.1, 0.15) is 11.1 Å². The lowest BCUT2D eigenvalue weighted by molar-refractivity contribution is -0.126. The lowest BCUT2D eigenvalue weighted by Gasteiger charge is -2.26. The van der Waals surface area contributed by atoms with E-state index in [0.29, 0.717) is 0 Å². The van der Waals surface area contributed by atoms with Crippen LogP contribution in [0.4, 0.5) is 4.39 Å². The van der Waals surface area contributed by atoms with E-state index >= 15 is 0 Å². The molecule has 1 aliphatic heterocycles. The molecular formula is C17H10B3ClFNO5S. The van der Waals surface area contributed by atoms with Crippen molar-refractivity contribution in [2.75, 3.05) is 0 Å². The zero-order chi connectivity index (χ0) is 21.6. The van der Waals surface area contributed by atoms with Gasteiger partial charge in [-0.1, -0.05) is 48.0 Å². The SMILES string of the molecule is [B]C([B])(c1ccccc1)S(=O)(=O)OC1=C(N)O[C@]([B])(c2ccc(F)c(Cl)c2)C1=O. The second-order valence-corrected chi connectivity index (χ2v) is 8.34. The van der Waals surface area contributed by atoms with Crippen LogP contribution >= 0.6 is 11.6 Å². The molecule has 0 saturated carbocycles. The van der Waals surface area contributed by atoms with Crippen molar-refractivity contribution in [3.8, 4) is 0 Å². The summed E-state index contributed by atoms with van der Waals surface area (Å²) in [6.07, 6.45) is 0. The lowest BCUT2D eigenvalue weighted by atomic mass is 9.65. The smallest absolute Gasteiger partial charge is 0.302 e. The Hall–Kier alpha value is -2.39. The van der Waals surface area contributed by atoms with Gasteiger partial charge in [-0.05, 0) is 23.3 Å². The van der Waals surface area contributed by atoms with Gasteiger partial charge in [-0.15, -0.1) is 0 Å². The molecule has 0 unspecified atom stereocenters. The molecule has 2 N–H and O–H groups in total. The van der Waals surface area contributed by atoms with Crippen molar-refractivity contribution >= 4 is 51.0 Å². The van der Waals surface area contributed by atoms with Gasteiger partial charge in [-0.25, -0.2) is 4.39 Å². The molecule has 0 fully saturated rings. The topological polar surface area (TPSA) is 95.7 Å². The van der Waals surface area contributed by atoms with Crippen LogP contribution < -0.4 is 5.73 Å². The highest BCUT2D eigenvalue weighted by Gasteiger charge is 2.50. The molecule has 0 aliphatic carbocycles. The van der Waals surface area contributed by atoms with Gasteiger partial charge in [-0.2, -0.15) is 8.42 Å². The molecule has 0 aromatic heterocycles. The molecule has 0 saturated heterocycles. The number of Topliss-reactive ketones (excluding diaryl/α,β-unsaturated/α-hetero) is 1. The fraction of sp³-hybridized carbons (Fsp3) is 0.118. The van der Waals surface area contributed by atoms with E-state index in [0.717, 1.165) is 18.2 Å². The van der Waals surface area contributed by atoms with Gasteiger partial charge >= 0.3 is 10.1 Å². The zero-order valence-electron chi connectivity index (χ0n) is 14.6. The van der Waals surface area contributed by atoms with E-state index in [1.54, 1.807) is 6.07 Å². The van der Waals surface area contributed by atoms with E-state index in [9.17, 15) is 17.6 Å². The Balaban J connectivity index is 1.95. The van der Waals surface area contributed by atoms with Crippen LogP contribution in [0.15, 0.2) is 60.2 Å². The number of carbonyl (C=O) groups is 1. The molecule has 0 spiro atoms. The molecule has 6 nitrogen and oxygen atoms in total. The first kappa shape index (κ1) is 21.3. The monoisotopic (exact) mass is 427 g/mol. The van der Waals surface area contributed by atoms with Gasteiger partial charge in [-0.3, -0.25) is 4.79 Å². The summed E-state index contributed by atoms with van der Waals surface area (Å²) in [6.45, 7) is 0. The Morgan fingerprint density at radius 1 is 1.17 bits per heavy atom. The number of benzene rings is 2. The fourth-order valence-electron chi connectivity index (χ4n) is 2.56. The Morgan fingerprint density at radius 3 is 2.38 bits per heavy atom. The highest BCUT2D eigenvalue weighted by atomic mass is 35.5. The number of hydrogen-bond acceptors (Lipinski definition) is 6. The van der Waals surface area contributed by atoms with Gasteiger partial charge in [0.2, 0.25) is 17.4 Å². The minimum atomic E-state index is -4.83. The molecule has 142 valence electrons. The van der Waals surface area contributed by atoms with Crippen molar-refractivity contribution < 1.29 is 26.5 Å². The summed E-state index contributed by atoms with van der Waals surface area (Å²) in [6, 6.07) is 10.5. The molecule has 2 aromatic rings. The minimum Gasteiger partial charge on any atom is -0.467 e. The average Bonchev–Trinajstić information content (AvgIpc) is 2.88. The number of hydrogen-bond donors (Lipinski definition) is 1. The standard InChI is InChI=1S/C17H10B3ClFNO5S/c18-16(10-6-7-12(22)11(21)8-10)14(24)13(15(23)27-16)28-29(25,26)17(19,20)9-4-2-1-3-5-9/h1-8H,23H2/t16-/m1/s1. The highest BCUT2D eigenvalue weighted by molar-refractivity contribution is 7.90. The van der Waals surface area contributed by atoms with Gasteiger partial charge in [0.15, 0.2) is 5.50 Å². The predicted molar refractivity (Wildman–Crippen MR) is 106 cm³/mol. The molecule has 0 bridgehead atoms. The van der Waals surface area contributed by atoms with E-state index in [2.05, 4.69) is 0 Å². The summed E-state index contributed by atoms with van der Waals surface area (Å²) < 4.78 is 46.2. The van der Waals surface area contributed by atoms with E-state index in [1.165, 1.54) is 24.3 Å². The number of nitrogens with two attached hydrogens (primary N) is 1. The zero-order valence-corrected chi connectivity index (χ0v) is 16.2. The van der Waals surface area contributed by atoms with Crippen molar-refractivity contribution in [1.82, 2.24) is 0 Å². The van der Waals surface area contributed by atoms with E-state index in [-0.39, 0.29) is 16.1 Å². The quantitative estimate of drug-likeness (QED) is 0.566. The van der Waals surface area contributed by atoms with Gasteiger partial charge in [0.25, 0.3) is 0 Å². The van der Waals surface area contributed by atoms with Crippen LogP contribution in [-0.2, 0) is 33.9 Å². The van der Waals surface area contributed by atoms with Crippen molar-refractivity contribution in [2.24, 2.45) is 5.73 Å². The molecule has 3 rings (SSSR count). The van der Waals surface area contributed by atoms with E-state index in [1.807, 2.05) is 0 Å². The second kappa shape index (κ2) is 7.14. The number of ether oxygens (including phenoxy) is 1. The Kier molecular flexibility index (Phi) is 5.25. The first-order valence-corrected chi connectivity index (χ1v) is 9.74. The molecule has 6 radical (unpaired) electrons. The third-order valence-electron chi connectivity index (χ3n) is 4.22. The first-order chi connectivity index (χ1) is 13.4. The van der Waals surface area contributed by atoms with Crippen LogP contribution in [0.25, 0.3) is 0 Å². The van der Waals surface area contributed by atoms with Crippen molar-refractivity contribution in [2.45, 2.75) is 10.0 Å². The Morgan fingerprint density at radius 2 is 1.79 bits per heavy atom. The van der Waals surface area contributed by atoms with Gasteiger partial charge in [0, 0.05) is 0 Å². The molecule has 2 aromatic carbocycles. The highest BCUT2D eigenvalue weighted by Crippen LogP contribution is 2.38. The van der Waals surface area contributed by atoms with Crippen molar-refractivity contribution in [3.63, 3.8) is 0 Å². The number of ketones is 1. The number of carbonyl (C=O) groups excluding carboxylic acids is 1. The summed E-state index contributed by atoms with van der Waals surface area (Å²) in [5.41, 5.74) is 3.25. The van der Waals surface area contributed by atoms with E-state index in [4.69, 9.17) is 49.8 Å². The van der Waals surface area contributed by atoms with Crippen LogP contribution in [0, 0.1) is 5.82 Å². The fourth-order valence-corrected chi connectivity index (χ4v) is 3.68. The van der Waals surface area contributed by atoms with Gasteiger partial charge in [0.1, 0.15) is 13.7 Å². The Labute approximate surface area is 175 Å². The summed E-state index contributed by atoms with van der Waals surface area (Å²) in [5, 5.41) is -0.337. The minimum absolute atomic E-state index is 0.00476.